The first-order chi connectivity index (χ1) is 15.3. The smallest absolute Gasteiger partial charge is 0.243 e. The second-order valence-electron chi connectivity index (χ2n) is 6.99. The maximum Gasteiger partial charge on any atom is 0.243 e. The number of hydrogen-bond acceptors (Lipinski definition) is 2. The average molecular weight is 514 g/mol. The van der Waals surface area contributed by atoms with Crippen LogP contribution < -0.4 is 10.6 Å². The van der Waals surface area contributed by atoms with Crippen molar-refractivity contribution in [2.75, 3.05) is 13.1 Å². The van der Waals surface area contributed by atoms with Gasteiger partial charge in [-0.3, -0.25) is 9.59 Å². The highest BCUT2D eigenvalue weighted by Crippen LogP contribution is 2.22. The van der Waals surface area contributed by atoms with Crippen LogP contribution >= 0.6 is 46.4 Å². The monoisotopic (exact) mass is 512 g/mol. The van der Waals surface area contributed by atoms with Crippen molar-refractivity contribution in [3.63, 3.8) is 0 Å². The molecule has 4 nitrogen and oxygen atoms in total. The van der Waals surface area contributed by atoms with Gasteiger partial charge >= 0.3 is 0 Å². The Kier molecular flexibility index (Phi) is 11.7. The third kappa shape index (κ3) is 10.1. The second-order valence-corrected chi connectivity index (χ2v) is 8.68. The molecular weight excluding hydrogens is 490 g/mol. The Morgan fingerprint density at radius 3 is 1.44 bits per heavy atom. The van der Waals surface area contributed by atoms with Gasteiger partial charge in [-0.05, 0) is 60.4 Å². The normalized spacial score (nSPS) is 11.2. The number of halogens is 4. The summed E-state index contributed by atoms with van der Waals surface area (Å²) in [7, 11) is 0. The van der Waals surface area contributed by atoms with Gasteiger partial charge in [0.25, 0.3) is 0 Å². The standard InChI is InChI=1S/C24H24Cl4N2O2/c25-19-9-5-17(21(27)15-19)7-11-23(31)29-13-3-1-2-4-14-30-24(32)12-8-18-6-10-20(26)16-22(18)28/h5-12,15-16H,1-4,13-14H2,(H,29,31)(H,30,32). The molecule has 32 heavy (non-hydrogen) atoms. The van der Waals surface area contributed by atoms with Crippen LogP contribution in [0.2, 0.25) is 20.1 Å². The predicted octanol–water partition coefficient (Wildman–Crippen LogP) is 6.82. The molecule has 2 aromatic rings. The third-order valence-corrected chi connectivity index (χ3v) is 5.58. The number of amides is 2. The highest BCUT2D eigenvalue weighted by atomic mass is 35.5. The van der Waals surface area contributed by atoms with E-state index >= 15 is 0 Å². The summed E-state index contributed by atoms with van der Waals surface area (Å²) in [5.74, 6) is -0.341. The van der Waals surface area contributed by atoms with E-state index in [-0.39, 0.29) is 11.8 Å². The van der Waals surface area contributed by atoms with E-state index in [0.29, 0.717) is 33.2 Å². The van der Waals surface area contributed by atoms with Crippen molar-refractivity contribution in [2.45, 2.75) is 25.7 Å². The van der Waals surface area contributed by atoms with Crippen LogP contribution in [0.15, 0.2) is 48.6 Å². The molecule has 0 saturated carbocycles. The van der Waals surface area contributed by atoms with Crippen molar-refractivity contribution in [3.05, 3.63) is 79.8 Å². The summed E-state index contributed by atoms with van der Waals surface area (Å²) in [4.78, 5) is 23.7. The van der Waals surface area contributed by atoms with E-state index in [0.717, 1.165) is 36.8 Å². The number of hydrogen-bond donors (Lipinski definition) is 2. The molecule has 0 aromatic heterocycles. The van der Waals surface area contributed by atoms with Crippen LogP contribution in [0.25, 0.3) is 12.2 Å². The molecule has 0 unspecified atom stereocenters. The van der Waals surface area contributed by atoms with E-state index in [4.69, 9.17) is 46.4 Å². The van der Waals surface area contributed by atoms with E-state index in [2.05, 4.69) is 10.6 Å². The predicted molar refractivity (Wildman–Crippen MR) is 135 cm³/mol. The topological polar surface area (TPSA) is 58.2 Å². The van der Waals surface area contributed by atoms with Crippen molar-refractivity contribution in [1.82, 2.24) is 10.6 Å². The van der Waals surface area contributed by atoms with E-state index in [1.807, 2.05) is 0 Å². The summed E-state index contributed by atoms with van der Waals surface area (Å²) < 4.78 is 0. The highest BCUT2D eigenvalue weighted by Gasteiger charge is 2.01. The first kappa shape index (κ1) is 26.3. The molecule has 0 aliphatic heterocycles. The Hall–Kier alpha value is -1.98. The molecule has 0 fully saturated rings. The first-order valence-corrected chi connectivity index (χ1v) is 11.7. The maximum atomic E-state index is 11.9. The summed E-state index contributed by atoms with van der Waals surface area (Å²) >= 11 is 23.8. The van der Waals surface area contributed by atoms with Gasteiger partial charge in [-0.15, -0.1) is 0 Å². The molecular formula is C24H24Cl4N2O2. The first-order valence-electron chi connectivity index (χ1n) is 10.2. The van der Waals surface area contributed by atoms with Crippen LogP contribution in [-0.4, -0.2) is 24.9 Å². The summed E-state index contributed by atoms with van der Waals surface area (Å²) in [5.41, 5.74) is 1.47. The number of carbonyl (C=O) groups is 2. The lowest BCUT2D eigenvalue weighted by Crippen LogP contribution is -2.23. The Labute approximate surface area is 208 Å². The molecule has 2 N–H and O–H groups in total. The van der Waals surface area contributed by atoms with Crippen LogP contribution in [0.5, 0.6) is 0 Å². The summed E-state index contributed by atoms with van der Waals surface area (Å²) in [6, 6.07) is 10.2. The summed E-state index contributed by atoms with van der Waals surface area (Å²) in [5, 5.41) is 7.78. The molecule has 0 spiro atoms. The number of benzene rings is 2. The van der Waals surface area contributed by atoms with Crippen molar-refractivity contribution < 1.29 is 9.59 Å². The quantitative estimate of drug-likeness (QED) is 0.256. The minimum Gasteiger partial charge on any atom is -0.353 e. The molecule has 8 heteroatoms. The third-order valence-electron chi connectivity index (χ3n) is 4.46. The van der Waals surface area contributed by atoms with Crippen molar-refractivity contribution in [2.24, 2.45) is 0 Å². The fraction of sp³-hybridized carbons (Fsp3) is 0.250. The van der Waals surface area contributed by atoms with Gasteiger partial charge < -0.3 is 10.6 Å². The molecule has 2 rings (SSSR count). The Balaban J connectivity index is 1.53. The largest absolute Gasteiger partial charge is 0.353 e. The van der Waals surface area contributed by atoms with Crippen LogP contribution in [0.1, 0.15) is 36.8 Å². The number of unbranched alkanes of at least 4 members (excludes halogenated alkanes) is 3. The average Bonchev–Trinajstić information content (AvgIpc) is 2.74. The number of rotatable bonds is 11. The van der Waals surface area contributed by atoms with E-state index in [9.17, 15) is 9.59 Å². The Morgan fingerprint density at radius 2 is 1.06 bits per heavy atom. The zero-order chi connectivity index (χ0) is 23.3. The molecule has 0 aliphatic rings. The number of nitrogens with one attached hydrogen (secondary N) is 2. The van der Waals surface area contributed by atoms with Crippen LogP contribution in [-0.2, 0) is 9.59 Å². The van der Waals surface area contributed by atoms with Crippen LogP contribution in [0.4, 0.5) is 0 Å². The summed E-state index contributed by atoms with van der Waals surface area (Å²) in [6.07, 6.45) is 9.87. The molecule has 0 heterocycles. The van der Waals surface area contributed by atoms with Gasteiger partial charge in [-0.1, -0.05) is 71.4 Å². The molecule has 0 aliphatic carbocycles. The lowest BCUT2D eigenvalue weighted by atomic mass is 10.2. The zero-order valence-corrected chi connectivity index (χ0v) is 20.4. The van der Waals surface area contributed by atoms with E-state index in [1.54, 1.807) is 48.6 Å². The fourth-order valence-electron chi connectivity index (χ4n) is 2.75. The molecule has 0 radical (unpaired) electrons. The molecule has 0 saturated heterocycles. The van der Waals surface area contributed by atoms with Gasteiger partial charge in [0.2, 0.25) is 11.8 Å². The summed E-state index contributed by atoms with van der Waals surface area (Å²) in [6.45, 7) is 1.18. The van der Waals surface area contributed by atoms with Gasteiger partial charge in [0.05, 0.1) is 0 Å². The molecule has 0 bridgehead atoms. The maximum absolute atomic E-state index is 11.9. The number of carbonyl (C=O) groups excluding carboxylic acids is 2. The van der Waals surface area contributed by atoms with Gasteiger partial charge in [-0.25, -0.2) is 0 Å². The second kappa shape index (κ2) is 14.2. The van der Waals surface area contributed by atoms with Crippen LogP contribution in [0, 0.1) is 0 Å². The minimum absolute atomic E-state index is 0.171. The van der Waals surface area contributed by atoms with Crippen molar-refractivity contribution in [3.8, 4) is 0 Å². The van der Waals surface area contributed by atoms with Gasteiger partial charge in [0.1, 0.15) is 0 Å². The van der Waals surface area contributed by atoms with Crippen molar-refractivity contribution in [1.29, 1.82) is 0 Å². The molecule has 0 atom stereocenters. The minimum atomic E-state index is -0.171. The molecule has 170 valence electrons. The highest BCUT2D eigenvalue weighted by molar-refractivity contribution is 6.36. The Bertz CT molecular complexity index is 910. The fourth-order valence-corrected chi connectivity index (χ4v) is 3.69. The van der Waals surface area contributed by atoms with Gasteiger partial charge in [0.15, 0.2) is 0 Å². The SMILES string of the molecule is O=C(C=Cc1ccc(Cl)cc1Cl)NCCCCCCNC(=O)C=Cc1ccc(Cl)cc1Cl. The van der Waals surface area contributed by atoms with Crippen LogP contribution in [0.3, 0.4) is 0 Å². The van der Waals surface area contributed by atoms with Crippen molar-refractivity contribution >= 4 is 70.4 Å². The van der Waals surface area contributed by atoms with Gasteiger partial charge in [-0.2, -0.15) is 0 Å². The lowest BCUT2D eigenvalue weighted by Gasteiger charge is -2.04. The van der Waals surface area contributed by atoms with E-state index in [1.165, 1.54) is 12.2 Å². The molecule has 2 amide bonds. The van der Waals surface area contributed by atoms with E-state index < -0.39 is 0 Å². The molecule has 2 aromatic carbocycles. The van der Waals surface area contributed by atoms with Gasteiger partial charge in [0, 0.05) is 45.3 Å². The Morgan fingerprint density at radius 1 is 0.656 bits per heavy atom. The zero-order valence-electron chi connectivity index (χ0n) is 17.3. The lowest BCUT2D eigenvalue weighted by molar-refractivity contribution is -0.117.